The molecule has 0 aromatic heterocycles. The monoisotopic (exact) mass is 261 g/mol. The minimum atomic E-state index is -4.50. The van der Waals surface area contributed by atoms with Gasteiger partial charge in [-0.1, -0.05) is 13.3 Å². The van der Waals surface area contributed by atoms with E-state index in [1.54, 1.807) is 0 Å². The molecule has 1 N–H and O–H groups in total. The van der Waals surface area contributed by atoms with Gasteiger partial charge in [-0.15, -0.1) is 0 Å². The van der Waals surface area contributed by atoms with Gasteiger partial charge in [-0.2, -0.15) is 13.2 Å². The molecule has 2 rings (SSSR count). The van der Waals surface area contributed by atoms with Gasteiger partial charge in [0.1, 0.15) is 5.82 Å². The van der Waals surface area contributed by atoms with Gasteiger partial charge >= 0.3 is 6.18 Å². The van der Waals surface area contributed by atoms with Gasteiger partial charge in [0.2, 0.25) is 0 Å². The summed E-state index contributed by atoms with van der Waals surface area (Å²) in [5.41, 5.74) is -0.799. The molecule has 0 amide bonds. The van der Waals surface area contributed by atoms with Crippen LogP contribution < -0.4 is 5.32 Å². The summed E-state index contributed by atoms with van der Waals surface area (Å²) in [6.07, 6.45) is -1.43. The molecule has 1 nitrogen and oxygen atoms in total. The van der Waals surface area contributed by atoms with Crippen LogP contribution in [-0.2, 0) is 6.18 Å². The second kappa shape index (κ2) is 4.78. The van der Waals surface area contributed by atoms with Crippen molar-refractivity contribution in [1.82, 2.24) is 0 Å². The number of benzene rings is 1. The molecule has 0 radical (unpaired) electrons. The Morgan fingerprint density at radius 3 is 2.44 bits per heavy atom. The summed E-state index contributed by atoms with van der Waals surface area (Å²) in [6, 6.07) is 2.77. The van der Waals surface area contributed by atoms with Crippen LogP contribution in [0.4, 0.5) is 23.2 Å². The van der Waals surface area contributed by atoms with Gasteiger partial charge in [0.05, 0.1) is 11.3 Å². The van der Waals surface area contributed by atoms with Crippen molar-refractivity contribution in [3.63, 3.8) is 0 Å². The van der Waals surface area contributed by atoms with Gasteiger partial charge in [0.15, 0.2) is 0 Å². The maximum absolute atomic E-state index is 13.6. The number of halogens is 4. The molecule has 2 atom stereocenters. The summed E-state index contributed by atoms with van der Waals surface area (Å²) in [4.78, 5) is 0. The molecule has 1 aliphatic rings. The summed E-state index contributed by atoms with van der Waals surface area (Å²) in [7, 11) is 0. The van der Waals surface area contributed by atoms with E-state index in [0.29, 0.717) is 12.0 Å². The highest BCUT2D eigenvalue weighted by Gasteiger charge is 2.31. The van der Waals surface area contributed by atoms with Crippen LogP contribution in [0.2, 0.25) is 0 Å². The smallest absolute Gasteiger partial charge is 0.380 e. The maximum Gasteiger partial charge on any atom is 0.416 e. The van der Waals surface area contributed by atoms with E-state index in [1.807, 2.05) is 0 Å². The van der Waals surface area contributed by atoms with E-state index in [4.69, 9.17) is 0 Å². The fourth-order valence-electron chi connectivity index (χ4n) is 2.37. The van der Waals surface area contributed by atoms with E-state index >= 15 is 0 Å². The van der Waals surface area contributed by atoms with Crippen LogP contribution in [0.25, 0.3) is 0 Å². The van der Waals surface area contributed by atoms with Gasteiger partial charge in [-0.3, -0.25) is 0 Å². The number of alkyl halides is 3. The van der Waals surface area contributed by atoms with E-state index in [9.17, 15) is 17.6 Å². The molecule has 1 aliphatic carbocycles. The Balaban J connectivity index is 2.15. The minimum Gasteiger partial charge on any atom is -0.380 e. The van der Waals surface area contributed by atoms with Crippen LogP contribution in [0.3, 0.4) is 0 Å². The van der Waals surface area contributed by atoms with E-state index < -0.39 is 17.6 Å². The topological polar surface area (TPSA) is 12.0 Å². The molecule has 18 heavy (non-hydrogen) atoms. The second-order valence-electron chi connectivity index (χ2n) is 4.85. The van der Waals surface area contributed by atoms with Crippen molar-refractivity contribution < 1.29 is 17.6 Å². The number of anilines is 1. The molecular weight excluding hydrogens is 246 g/mol. The third-order valence-electron chi connectivity index (χ3n) is 3.50. The Morgan fingerprint density at radius 1 is 1.22 bits per heavy atom. The second-order valence-corrected chi connectivity index (χ2v) is 4.85. The lowest BCUT2D eigenvalue weighted by atomic mass is 10.1. The molecule has 0 spiro atoms. The van der Waals surface area contributed by atoms with Crippen LogP contribution in [-0.4, -0.2) is 6.04 Å². The fraction of sp³-hybridized carbons (Fsp3) is 0.538. The zero-order valence-electron chi connectivity index (χ0n) is 10.0. The van der Waals surface area contributed by atoms with Crippen molar-refractivity contribution in [1.29, 1.82) is 0 Å². The Kier molecular flexibility index (Phi) is 3.50. The first-order valence-electron chi connectivity index (χ1n) is 6.01. The maximum atomic E-state index is 13.6. The molecule has 0 aliphatic heterocycles. The third kappa shape index (κ3) is 2.76. The highest BCUT2D eigenvalue weighted by atomic mass is 19.4. The molecule has 0 heterocycles. The van der Waals surface area contributed by atoms with Crippen molar-refractivity contribution in [2.45, 2.75) is 38.4 Å². The van der Waals surface area contributed by atoms with Crippen molar-refractivity contribution >= 4 is 5.69 Å². The molecule has 1 aromatic rings. The number of nitrogens with one attached hydrogen (secondary N) is 1. The van der Waals surface area contributed by atoms with E-state index in [1.165, 1.54) is 6.07 Å². The largest absolute Gasteiger partial charge is 0.416 e. The first-order valence-corrected chi connectivity index (χ1v) is 6.01. The summed E-state index contributed by atoms with van der Waals surface area (Å²) in [5, 5.41) is 3.00. The molecular formula is C13H15F4N. The molecule has 5 heteroatoms. The van der Waals surface area contributed by atoms with Crippen LogP contribution in [0.5, 0.6) is 0 Å². The Morgan fingerprint density at radius 2 is 1.94 bits per heavy atom. The summed E-state index contributed by atoms with van der Waals surface area (Å²) in [6.45, 7) is 2.06. The third-order valence-corrected chi connectivity index (χ3v) is 3.50. The zero-order valence-corrected chi connectivity index (χ0v) is 10.0. The fourth-order valence-corrected chi connectivity index (χ4v) is 2.37. The minimum absolute atomic E-state index is 0.149. The Labute approximate surface area is 103 Å². The number of rotatable bonds is 2. The molecule has 0 bridgehead atoms. The number of hydrogen-bond donors (Lipinski definition) is 1. The normalized spacial score (nSPS) is 24.3. The van der Waals surface area contributed by atoms with Crippen LogP contribution in [0.15, 0.2) is 18.2 Å². The molecule has 1 fully saturated rings. The first kappa shape index (κ1) is 13.2. The highest BCUT2D eigenvalue weighted by Crippen LogP contribution is 2.33. The highest BCUT2D eigenvalue weighted by molar-refractivity contribution is 5.47. The molecule has 100 valence electrons. The van der Waals surface area contributed by atoms with E-state index in [-0.39, 0.29) is 11.7 Å². The standard InChI is InChI=1S/C13H15F4N/c1-8-3-2-4-11(8)18-12-6-5-9(7-10(12)14)13(15,16)17/h5-8,11,18H,2-4H2,1H3. The first-order chi connectivity index (χ1) is 8.38. The van der Waals surface area contributed by atoms with Gasteiger partial charge in [0.25, 0.3) is 0 Å². The average Bonchev–Trinajstić information content (AvgIpc) is 2.66. The van der Waals surface area contributed by atoms with Gasteiger partial charge in [-0.05, 0) is 37.0 Å². The SMILES string of the molecule is CC1CCCC1Nc1ccc(C(F)(F)F)cc1F. The number of hydrogen-bond acceptors (Lipinski definition) is 1. The van der Waals surface area contributed by atoms with Gasteiger partial charge in [-0.25, -0.2) is 4.39 Å². The average molecular weight is 261 g/mol. The van der Waals surface area contributed by atoms with Crippen molar-refractivity contribution in [2.75, 3.05) is 5.32 Å². The lowest BCUT2D eigenvalue weighted by molar-refractivity contribution is -0.137. The zero-order chi connectivity index (χ0) is 13.3. The molecule has 1 aromatic carbocycles. The van der Waals surface area contributed by atoms with E-state index in [0.717, 1.165) is 25.3 Å². The van der Waals surface area contributed by atoms with Crippen LogP contribution in [0, 0.1) is 11.7 Å². The van der Waals surface area contributed by atoms with Crippen molar-refractivity contribution in [3.8, 4) is 0 Å². The lowest BCUT2D eigenvalue weighted by Crippen LogP contribution is -2.22. The van der Waals surface area contributed by atoms with E-state index in [2.05, 4.69) is 12.2 Å². The van der Waals surface area contributed by atoms with Crippen molar-refractivity contribution in [3.05, 3.63) is 29.6 Å². The summed E-state index contributed by atoms with van der Waals surface area (Å²) in [5.74, 6) is -0.421. The molecule has 2 unspecified atom stereocenters. The molecule has 0 saturated heterocycles. The lowest BCUT2D eigenvalue weighted by Gasteiger charge is -2.19. The van der Waals surface area contributed by atoms with Crippen molar-refractivity contribution in [2.24, 2.45) is 5.92 Å². The Bertz CT molecular complexity index is 427. The van der Waals surface area contributed by atoms with Crippen LogP contribution >= 0.6 is 0 Å². The molecule has 1 saturated carbocycles. The summed E-state index contributed by atoms with van der Waals surface area (Å²) >= 11 is 0. The van der Waals surface area contributed by atoms with Crippen LogP contribution in [0.1, 0.15) is 31.7 Å². The Hall–Kier alpha value is -1.26. The predicted molar refractivity (Wildman–Crippen MR) is 61.8 cm³/mol. The summed E-state index contributed by atoms with van der Waals surface area (Å²) < 4.78 is 50.7. The predicted octanol–water partition coefficient (Wildman–Crippen LogP) is 4.45. The quantitative estimate of drug-likeness (QED) is 0.776. The van der Waals surface area contributed by atoms with Gasteiger partial charge < -0.3 is 5.32 Å². The van der Waals surface area contributed by atoms with Gasteiger partial charge in [0, 0.05) is 6.04 Å².